The summed E-state index contributed by atoms with van der Waals surface area (Å²) in [6.07, 6.45) is 1.66. The number of carbonyl (C=O) groups is 1. The van der Waals surface area contributed by atoms with E-state index in [1.54, 1.807) is 42.9 Å². The quantitative estimate of drug-likeness (QED) is 0.823. The highest BCUT2D eigenvalue weighted by Crippen LogP contribution is 2.22. The van der Waals surface area contributed by atoms with E-state index in [1.807, 2.05) is 0 Å². The zero-order valence-electron chi connectivity index (χ0n) is 9.75. The normalized spacial score (nSPS) is 12.6. The minimum atomic E-state index is -0.505. The maximum atomic E-state index is 11.6. The number of aromatic nitrogens is 2. The number of fused-ring (bicyclic) bond motifs is 1. The largest absolute Gasteiger partial charge is 0.508 e. The summed E-state index contributed by atoms with van der Waals surface area (Å²) in [6, 6.07) is 4.42. The van der Waals surface area contributed by atoms with Crippen LogP contribution in [-0.2, 0) is 9.53 Å². The summed E-state index contributed by atoms with van der Waals surface area (Å²) in [5, 5.41) is 14.5. The fourth-order valence-corrected chi connectivity index (χ4v) is 1.70. The van der Waals surface area contributed by atoms with E-state index < -0.39 is 6.04 Å². The number of nitrogens with zero attached hydrogens (tertiary/aromatic N) is 2. The Hall–Kier alpha value is -2.04. The first-order valence-electron chi connectivity index (χ1n) is 5.46. The number of esters is 1. The number of phenols is 1. The summed E-state index contributed by atoms with van der Waals surface area (Å²) in [4.78, 5) is 11.6. The number of carbonyl (C=O) groups excluding carboxylic acids is 1. The lowest BCUT2D eigenvalue weighted by atomic mass is 10.2. The Morgan fingerprint density at radius 2 is 2.35 bits per heavy atom. The second-order valence-corrected chi connectivity index (χ2v) is 3.76. The average molecular weight is 234 g/mol. The van der Waals surface area contributed by atoms with Gasteiger partial charge in [0.15, 0.2) is 0 Å². The van der Waals surface area contributed by atoms with E-state index >= 15 is 0 Å². The van der Waals surface area contributed by atoms with Crippen molar-refractivity contribution in [2.24, 2.45) is 0 Å². The highest BCUT2D eigenvalue weighted by atomic mass is 16.5. The van der Waals surface area contributed by atoms with Gasteiger partial charge in [-0.25, -0.2) is 4.79 Å². The summed E-state index contributed by atoms with van der Waals surface area (Å²) in [6.45, 7) is 3.82. The topological polar surface area (TPSA) is 64.4 Å². The highest BCUT2D eigenvalue weighted by Gasteiger charge is 2.18. The van der Waals surface area contributed by atoms with Gasteiger partial charge in [-0.3, -0.25) is 4.68 Å². The molecule has 0 bridgehead atoms. The lowest BCUT2D eigenvalue weighted by Gasteiger charge is -2.12. The van der Waals surface area contributed by atoms with Crippen LogP contribution in [0.2, 0.25) is 0 Å². The molecule has 0 saturated carbocycles. The second-order valence-electron chi connectivity index (χ2n) is 3.76. The van der Waals surface area contributed by atoms with Crippen LogP contribution in [0, 0.1) is 0 Å². The van der Waals surface area contributed by atoms with E-state index in [0.29, 0.717) is 12.1 Å². The summed E-state index contributed by atoms with van der Waals surface area (Å²) in [7, 11) is 0. The summed E-state index contributed by atoms with van der Waals surface area (Å²) < 4.78 is 6.49. The van der Waals surface area contributed by atoms with Crippen molar-refractivity contribution in [3.63, 3.8) is 0 Å². The molecule has 90 valence electrons. The number of phenolic OH excluding ortho intramolecular Hbond substituents is 1. The summed E-state index contributed by atoms with van der Waals surface area (Å²) in [5.74, 6) is -0.184. The molecule has 0 fully saturated rings. The van der Waals surface area contributed by atoms with Crippen molar-refractivity contribution in [2.75, 3.05) is 6.61 Å². The number of hydrogen-bond donors (Lipinski definition) is 1. The lowest BCUT2D eigenvalue weighted by molar-refractivity contribution is -0.146. The minimum Gasteiger partial charge on any atom is -0.508 e. The van der Waals surface area contributed by atoms with Crippen LogP contribution >= 0.6 is 0 Å². The maximum absolute atomic E-state index is 11.6. The standard InChI is InChI=1S/C12H14N2O3/c1-3-17-12(16)8(2)14-11-6-10(15)5-4-9(11)7-13-14/h4-8,15H,3H2,1-2H3. The molecule has 0 spiro atoms. The highest BCUT2D eigenvalue weighted by molar-refractivity contribution is 5.83. The number of rotatable bonds is 3. The van der Waals surface area contributed by atoms with E-state index in [-0.39, 0.29) is 11.7 Å². The average Bonchev–Trinajstić information content (AvgIpc) is 2.71. The molecule has 2 rings (SSSR count). The fraction of sp³-hybridized carbons (Fsp3) is 0.333. The molecule has 0 aliphatic carbocycles. The molecular formula is C12H14N2O3. The number of hydrogen-bond acceptors (Lipinski definition) is 4. The molecule has 1 heterocycles. The van der Waals surface area contributed by atoms with Crippen molar-refractivity contribution in [3.8, 4) is 5.75 Å². The lowest BCUT2D eigenvalue weighted by Crippen LogP contribution is -2.19. The van der Waals surface area contributed by atoms with Crippen LogP contribution in [0.5, 0.6) is 5.75 Å². The molecule has 5 nitrogen and oxygen atoms in total. The van der Waals surface area contributed by atoms with Crippen LogP contribution in [0.4, 0.5) is 0 Å². The van der Waals surface area contributed by atoms with Gasteiger partial charge in [-0.1, -0.05) is 0 Å². The van der Waals surface area contributed by atoms with Gasteiger partial charge < -0.3 is 9.84 Å². The number of ether oxygens (including phenoxy) is 1. The molecule has 1 aromatic heterocycles. The van der Waals surface area contributed by atoms with Crippen molar-refractivity contribution in [1.82, 2.24) is 9.78 Å². The molecule has 0 aliphatic heterocycles. The Balaban J connectivity index is 2.41. The summed E-state index contributed by atoms with van der Waals surface area (Å²) in [5.41, 5.74) is 0.713. The van der Waals surface area contributed by atoms with Crippen molar-refractivity contribution in [3.05, 3.63) is 24.4 Å². The molecule has 5 heteroatoms. The third kappa shape index (κ3) is 2.08. The summed E-state index contributed by atoms with van der Waals surface area (Å²) >= 11 is 0. The molecule has 1 N–H and O–H groups in total. The fourth-order valence-electron chi connectivity index (χ4n) is 1.70. The van der Waals surface area contributed by atoms with Gasteiger partial charge in [0.05, 0.1) is 18.3 Å². The third-order valence-corrected chi connectivity index (χ3v) is 2.58. The van der Waals surface area contributed by atoms with Gasteiger partial charge in [-0.15, -0.1) is 0 Å². The molecule has 1 aromatic carbocycles. The smallest absolute Gasteiger partial charge is 0.330 e. The van der Waals surface area contributed by atoms with E-state index in [1.165, 1.54) is 0 Å². The van der Waals surface area contributed by atoms with Crippen molar-refractivity contribution in [1.29, 1.82) is 0 Å². The predicted molar refractivity (Wildman–Crippen MR) is 62.7 cm³/mol. The molecule has 0 amide bonds. The first-order valence-corrected chi connectivity index (χ1v) is 5.46. The first-order chi connectivity index (χ1) is 8.13. The van der Waals surface area contributed by atoms with Crippen LogP contribution in [0.3, 0.4) is 0 Å². The Morgan fingerprint density at radius 3 is 3.06 bits per heavy atom. The van der Waals surface area contributed by atoms with Crippen LogP contribution in [-0.4, -0.2) is 27.5 Å². The van der Waals surface area contributed by atoms with Crippen molar-refractivity contribution >= 4 is 16.9 Å². The first kappa shape index (κ1) is 11.4. The molecule has 2 aromatic rings. The molecule has 1 atom stereocenters. The molecule has 0 radical (unpaired) electrons. The van der Waals surface area contributed by atoms with Crippen LogP contribution in [0.15, 0.2) is 24.4 Å². The van der Waals surface area contributed by atoms with Crippen LogP contribution in [0.25, 0.3) is 10.9 Å². The van der Waals surface area contributed by atoms with Gasteiger partial charge in [0.25, 0.3) is 0 Å². The Bertz CT molecular complexity index is 548. The molecule has 1 unspecified atom stereocenters. The monoisotopic (exact) mass is 234 g/mol. The van der Waals surface area contributed by atoms with E-state index in [4.69, 9.17) is 4.74 Å². The second kappa shape index (κ2) is 4.45. The Labute approximate surface area is 98.6 Å². The molecule has 0 saturated heterocycles. The van der Waals surface area contributed by atoms with E-state index in [9.17, 15) is 9.90 Å². The SMILES string of the molecule is CCOC(=O)C(C)n1ncc2ccc(O)cc21. The van der Waals surface area contributed by atoms with Crippen molar-refractivity contribution < 1.29 is 14.6 Å². The van der Waals surface area contributed by atoms with Crippen LogP contribution < -0.4 is 0 Å². The van der Waals surface area contributed by atoms with Gasteiger partial charge in [-0.2, -0.15) is 5.10 Å². The van der Waals surface area contributed by atoms with Gasteiger partial charge in [0.2, 0.25) is 0 Å². The maximum Gasteiger partial charge on any atom is 0.330 e. The van der Waals surface area contributed by atoms with Gasteiger partial charge >= 0.3 is 5.97 Å². The predicted octanol–water partition coefficient (Wildman–Crippen LogP) is 1.87. The van der Waals surface area contributed by atoms with Gasteiger partial charge in [0.1, 0.15) is 11.8 Å². The Kier molecular flexibility index (Phi) is 2.99. The van der Waals surface area contributed by atoms with Gasteiger partial charge in [-0.05, 0) is 26.0 Å². The van der Waals surface area contributed by atoms with E-state index in [0.717, 1.165) is 5.39 Å². The molecule has 0 aliphatic rings. The zero-order chi connectivity index (χ0) is 12.4. The number of benzene rings is 1. The minimum absolute atomic E-state index is 0.148. The zero-order valence-corrected chi connectivity index (χ0v) is 9.75. The molecule has 17 heavy (non-hydrogen) atoms. The molecular weight excluding hydrogens is 220 g/mol. The van der Waals surface area contributed by atoms with E-state index in [2.05, 4.69) is 5.10 Å². The van der Waals surface area contributed by atoms with Gasteiger partial charge in [0, 0.05) is 11.5 Å². The van der Waals surface area contributed by atoms with Crippen LogP contribution in [0.1, 0.15) is 19.9 Å². The number of aromatic hydroxyl groups is 1. The Morgan fingerprint density at radius 1 is 1.59 bits per heavy atom. The third-order valence-electron chi connectivity index (χ3n) is 2.58. The van der Waals surface area contributed by atoms with Crippen molar-refractivity contribution in [2.45, 2.75) is 19.9 Å².